The Morgan fingerprint density at radius 2 is 1.57 bits per heavy atom. The molecule has 4 N–H and O–H groups in total. The van der Waals surface area contributed by atoms with Gasteiger partial charge in [0.05, 0.1) is 12.6 Å². The van der Waals surface area contributed by atoms with Crippen molar-refractivity contribution < 1.29 is 28.8 Å². The molecule has 5 amide bonds. The molecule has 1 aliphatic carbocycles. The Hall–Kier alpha value is -3.24. The molecule has 3 atom stereocenters. The Bertz CT molecular complexity index is 938. The first kappa shape index (κ1) is 34.8. The summed E-state index contributed by atoms with van der Waals surface area (Å²) in [4.78, 5) is 77.0. The van der Waals surface area contributed by atoms with Crippen LogP contribution in [0.25, 0.3) is 0 Å². The average molecular weight is 564 g/mol. The molecule has 1 saturated heterocycles. The maximum atomic E-state index is 13.6. The van der Waals surface area contributed by atoms with Crippen LogP contribution in [-0.4, -0.2) is 78.0 Å². The van der Waals surface area contributed by atoms with Gasteiger partial charge in [0.25, 0.3) is 5.91 Å². The molecule has 11 nitrogen and oxygen atoms in total. The zero-order valence-corrected chi connectivity index (χ0v) is 25.2. The van der Waals surface area contributed by atoms with Crippen molar-refractivity contribution in [1.29, 1.82) is 0 Å². The minimum Gasteiger partial charge on any atom is -0.347 e. The van der Waals surface area contributed by atoms with Gasteiger partial charge in [-0.3, -0.25) is 24.0 Å². The van der Waals surface area contributed by atoms with Gasteiger partial charge in [-0.2, -0.15) is 0 Å². The van der Waals surface area contributed by atoms with Crippen molar-refractivity contribution in [1.82, 2.24) is 26.2 Å². The van der Waals surface area contributed by atoms with E-state index in [4.69, 9.17) is 0 Å². The number of ketones is 2. The van der Waals surface area contributed by atoms with Gasteiger partial charge in [-0.05, 0) is 37.0 Å². The number of likely N-dealkylation sites (tertiary alicyclic amines) is 1. The molecule has 0 spiro atoms. The topological polar surface area (TPSA) is 154 Å². The van der Waals surface area contributed by atoms with Gasteiger partial charge in [0.2, 0.25) is 17.6 Å². The Labute approximate surface area is 238 Å². The fourth-order valence-electron chi connectivity index (χ4n) is 4.25. The summed E-state index contributed by atoms with van der Waals surface area (Å²) in [6, 6.07) is -3.05. The molecule has 0 aromatic rings. The summed E-state index contributed by atoms with van der Waals surface area (Å²) in [5.74, 6) is -2.72. The second kappa shape index (κ2) is 16.1. The first-order chi connectivity index (χ1) is 18.7. The second-order valence-corrected chi connectivity index (χ2v) is 11.9. The van der Waals surface area contributed by atoms with Gasteiger partial charge in [-0.1, -0.05) is 61.0 Å². The van der Waals surface area contributed by atoms with Crippen LogP contribution in [0, 0.1) is 17.3 Å². The first-order valence-corrected chi connectivity index (χ1v) is 14.3. The van der Waals surface area contributed by atoms with E-state index in [-0.39, 0.29) is 24.2 Å². The molecule has 40 heavy (non-hydrogen) atoms. The summed E-state index contributed by atoms with van der Waals surface area (Å²) in [5.41, 5.74) is -0.689. The average Bonchev–Trinajstić information content (AvgIpc) is 3.62. The molecule has 2 fully saturated rings. The highest BCUT2D eigenvalue weighted by molar-refractivity contribution is 6.37. The van der Waals surface area contributed by atoms with Crippen LogP contribution in [0.15, 0.2) is 12.7 Å². The molecule has 2 rings (SSSR count). The number of Topliss-reactive ketones (excluding diaryl/α,β-unsaturated/α-hetero) is 2. The van der Waals surface area contributed by atoms with Crippen molar-refractivity contribution >= 4 is 35.3 Å². The highest BCUT2D eigenvalue weighted by Crippen LogP contribution is 2.32. The molecule has 0 aromatic carbocycles. The van der Waals surface area contributed by atoms with Crippen LogP contribution >= 0.6 is 0 Å². The van der Waals surface area contributed by atoms with Crippen LogP contribution in [0.4, 0.5) is 4.79 Å². The summed E-state index contributed by atoms with van der Waals surface area (Å²) in [6.45, 7) is 16.8. The third-order valence-corrected chi connectivity index (χ3v) is 6.55. The van der Waals surface area contributed by atoms with Crippen LogP contribution in [-0.2, 0) is 24.0 Å². The minimum absolute atomic E-state index is 0.00721. The number of hydrogen-bond donors (Lipinski definition) is 4. The summed E-state index contributed by atoms with van der Waals surface area (Å²) >= 11 is 0. The zero-order chi connectivity index (χ0) is 30.6. The normalized spacial score (nSPS) is 18.0. The van der Waals surface area contributed by atoms with E-state index < -0.39 is 59.6 Å². The van der Waals surface area contributed by atoms with E-state index in [1.807, 2.05) is 13.8 Å². The standard InChI is InChI=1S/C26H41N5O6.C3H8/c1-7-12-27-23(35)18(32)14-28-22(34)17-9-8-13-31(17)24(36)21(26(4,5)6)30-25(37)29-19(15(2)3)20(33)16-10-11-16;1-3-2/h7,15-17,19,21H,1,8-14H2,2-6H3,(H,27,35)(H,28,34)(H2,29,30,37);3H2,1-2H3/t17-,19?,21?;/m0./s1. The molecule has 1 heterocycles. The van der Waals surface area contributed by atoms with Crippen molar-refractivity contribution in [2.24, 2.45) is 17.3 Å². The van der Waals surface area contributed by atoms with Gasteiger partial charge in [-0.15, -0.1) is 6.58 Å². The summed E-state index contributed by atoms with van der Waals surface area (Å²) in [6.07, 6.45) is 5.31. The highest BCUT2D eigenvalue weighted by atomic mass is 16.2. The number of rotatable bonds is 12. The quantitative estimate of drug-likeness (QED) is 0.211. The Kier molecular flexibility index (Phi) is 14.0. The lowest BCUT2D eigenvalue weighted by Gasteiger charge is -2.35. The largest absolute Gasteiger partial charge is 0.347 e. The van der Waals surface area contributed by atoms with Crippen molar-refractivity contribution in [2.45, 2.75) is 98.7 Å². The maximum Gasteiger partial charge on any atom is 0.316 e. The molecule has 1 aliphatic heterocycles. The monoisotopic (exact) mass is 563 g/mol. The van der Waals surface area contributed by atoms with Gasteiger partial charge in [0.1, 0.15) is 12.1 Å². The van der Waals surface area contributed by atoms with Crippen LogP contribution in [0.5, 0.6) is 0 Å². The lowest BCUT2D eigenvalue weighted by Crippen LogP contribution is -2.60. The molecule has 0 bridgehead atoms. The van der Waals surface area contributed by atoms with Crippen LogP contribution < -0.4 is 21.3 Å². The van der Waals surface area contributed by atoms with Gasteiger partial charge >= 0.3 is 6.03 Å². The fraction of sp³-hybridized carbons (Fsp3) is 0.724. The van der Waals surface area contributed by atoms with E-state index in [1.165, 1.54) is 17.4 Å². The third kappa shape index (κ3) is 10.7. The number of amides is 5. The van der Waals surface area contributed by atoms with Gasteiger partial charge in [0.15, 0.2) is 5.78 Å². The summed E-state index contributed by atoms with van der Waals surface area (Å²) < 4.78 is 0. The van der Waals surface area contributed by atoms with E-state index >= 15 is 0 Å². The van der Waals surface area contributed by atoms with Crippen molar-refractivity contribution in [3.05, 3.63) is 12.7 Å². The van der Waals surface area contributed by atoms with E-state index in [0.29, 0.717) is 19.4 Å². The van der Waals surface area contributed by atoms with E-state index in [0.717, 1.165) is 12.8 Å². The molecule has 226 valence electrons. The highest BCUT2D eigenvalue weighted by Gasteiger charge is 2.43. The number of nitrogens with one attached hydrogen (secondary N) is 4. The number of hydrogen-bond acceptors (Lipinski definition) is 6. The van der Waals surface area contributed by atoms with Crippen molar-refractivity contribution in [3.63, 3.8) is 0 Å². The van der Waals surface area contributed by atoms with Crippen LogP contribution in [0.2, 0.25) is 0 Å². The fourth-order valence-corrected chi connectivity index (χ4v) is 4.25. The Balaban J connectivity index is 0.00000254. The minimum atomic E-state index is -0.962. The number of nitrogens with zero attached hydrogens (tertiary/aromatic N) is 1. The number of urea groups is 1. The Morgan fingerprint density at radius 3 is 2.08 bits per heavy atom. The van der Waals surface area contributed by atoms with E-state index in [2.05, 4.69) is 41.7 Å². The first-order valence-electron chi connectivity index (χ1n) is 14.3. The molecule has 0 radical (unpaired) electrons. The third-order valence-electron chi connectivity index (χ3n) is 6.55. The molecule has 2 aliphatic rings. The van der Waals surface area contributed by atoms with Crippen molar-refractivity contribution in [3.8, 4) is 0 Å². The molecule has 0 aromatic heterocycles. The maximum absolute atomic E-state index is 13.6. The van der Waals surface area contributed by atoms with Crippen LogP contribution in [0.1, 0.15) is 80.6 Å². The number of carbonyl (C=O) groups is 6. The van der Waals surface area contributed by atoms with Crippen LogP contribution in [0.3, 0.4) is 0 Å². The lowest BCUT2D eigenvalue weighted by molar-refractivity contribution is -0.142. The molecule has 11 heteroatoms. The van der Waals surface area contributed by atoms with Gasteiger partial charge in [0, 0.05) is 19.0 Å². The predicted octanol–water partition coefficient (Wildman–Crippen LogP) is 2.10. The summed E-state index contributed by atoms with van der Waals surface area (Å²) in [5, 5.41) is 10.3. The predicted molar refractivity (Wildman–Crippen MR) is 153 cm³/mol. The SMILES string of the molecule is C=CCNC(=O)C(=O)CNC(=O)[C@@H]1CCCN1C(=O)C(NC(=O)NC(C(=O)C1CC1)C(C)C)C(C)(C)C.CCC. The summed E-state index contributed by atoms with van der Waals surface area (Å²) in [7, 11) is 0. The Morgan fingerprint density at radius 1 is 0.975 bits per heavy atom. The van der Waals surface area contributed by atoms with E-state index in [1.54, 1.807) is 20.8 Å². The second-order valence-electron chi connectivity index (χ2n) is 11.9. The van der Waals surface area contributed by atoms with E-state index in [9.17, 15) is 28.8 Å². The molecular formula is C29H49N5O6. The van der Waals surface area contributed by atoms with Gasteiger partial charge < -0.3 is 26.2 Å². The van der Waals surface area contributed by atoms with Crippen molar-refractivity contribution in [2.75, 3.05) is 19.6 Å². The molecule has 2 unspecified atom stereocenters. The molecule has 1 saturated carbocycles. The van der Waals surface area contributed by atoms with Gasteiger partial charge in [-0.25, -0.2) is 4.79 Å². The zero-order valence-electron chi connectivity index (χ0n) is 25.2. The number of carbonyl (C=O) groups excluding carboxylic acids is 6. The molecular weight excluding hydrogens is 514 g/mol. The lowest BCUT2D eigenvalue weighted by atomic mass is 9.85. The smallest absolute Gasteiger partial charge is 0.316 e.